The van der Waals surface area contributed by atoms with Gasteiger partial charge in [-0.2, -0.15) is 0 Å². The van der Waals surface area contributed by atoms with Crippen molar-refractivity contribution in [3.63, 3.8) is 0 Å². The van der Waals surface area contributed by atoms with E-state index in [4.69, 9.17) is 23.7 Å². The van der Waals surface area contributed by atoms with Crippen LogP contribution in [0.2, 0.25) is 0 Å². The molecule has 3 aliphatic carbocycles. The van der Waals surface area contributed by atoms with Crippen molar-refractivity contribution in [1.82, 2.24) is 5.32 Å². The molecule has 15 heteroatoms. The van der Waals surface area contributed by atoms with Crippen molar-refractivity contribution in [2.75, 3.05) is 6.61 Å². The SMILES string of the molecule is CC(=O)O[C@]12CO[C@H]1C[C@@H](O)[C@]1(C)C(=O)[C@@H](O)C3=C(C)[C@H](OC(=O)[C@H](O)[C@H](NC(=O)OC(C)(C)C)c4ccccc4)C[C@](O)([C@H](OC(=O)c4ccccc4)[C@@H]21)C3(C)C. The van der Waals surface area contributed by atoms with Gasteiger partial charge in [-0.1, -0.05) is 62.4 Å². The molecule has 5 N–H and O–H groups in total. The Kier molecular flexibility index (Phi) is 11.2. The highest BCUT2D eigenvalue weighted by atomic mass is 16.6. The third-order valence-electron chi connectivity index (χ3n) is 12.6. The van der Waals surface area contributed by atoms with Crippen LogP contribution in [0, 0.1) is 16.7 Å². The first-order valence-corrected chi connectivity index (χ1v) is 19.3. The molecule has 15 nitrogen and oxygen atoms in total. The Morgan fingerprint density at radius 1 is 0.948 bits per heavy atom. The number of amides is 1. The molecule has 314 valence electrons. The molecule has 6 rings (SSSR count). The molecule has 0 radical (unpaired) electrons. The molecule has 11 atom stereocenters. The van der Waals surface area contributed by atoms with Crippen LogP contribution in [0.25, 0.3) is 0 Å². The van der Waals surface area contributed by atoms with Gasteiger partial charge in [0.1, 0.15) is 35.6 Å². The Bertz CT molecular complexity index is 1980. The highest BCUT2D eigenvalue weighted by Crippen LogP contribution is 2.64. The molecule has 0 spiro atoms. The molecule has 1 amide bonds. The van der Waals surface area contributed by atoms with Crippen molar-refractivity contribution in [2.45, 2.75) is 128 Å². The first-order chi connectivity index (χ1) is 27.0. The number of ether oxygens (including phenoxy) is 5. The first kappa shape index (κ1) is 42.9. The molecule has 4 aliphatic rings. The van der Waals surface area contributed by atoms with Gasteiger partial charge in [-0.15, -0.1) is 0 Å². The van der Waals surface area contributed by atoms with Gasteiger partial charge in [0, 0.05) is 25.2 Å². The summed E-state index contributed by atoms with van der Waals surface area (Å²) in [5.74, 6) is -5.36. The summed E-state index contributed by atoms with van der Waals surface area (Å²) in [5, 5.41) is 51.6. The number of esters is 3. The Labute approximate surface area is 336 Å². The van der Waals surface area contributed by atoms with E-state index >= 15 is 0 Å². The summed E-state index contributed by atoms with van der Waals surface area (Å²) in [7, 11) is 0. The van der Waals surface area contributed by atoms with E-state index in [-0.39, 0.29) is 29.7 Å². The summed E-state index contributed by atoms with van der Waals surface area (Å²) >= 11 is 0. The first-order valence-electron chi connectivity index (χ1n) is 19.3. The average molecular weight is 808 g/mol. The number of alkyl carbamates (subject to hydrolysis) is 1. The summed E-state index contributed by atoms with van der Waals surface area (Å²) in [6.45, 7) is 11.8. The number of fused-ring (bicyclic) bond motifs is 5. The fraction of sp³-hybridized carbons (Fsp3) is 0.558. The Morgan fingerprint density at radius 2 is 1.55 bits per heavy atom. The average Bonchev–Trinajstić information content (AvgIpc) is 3.14. The Hall–Kier alpha value is -4.67. The molecule has 58 heavy (non-hydrogen) atoms. The molecule has 2 aromatic carbocycles. The quantitative estimate of drug-likeness (QED) is 0.147. The van der Waals surface area contributed by atoms with Gasteiger partial charge in [0.2, 0.25) is 0 Å². The molecule has 1 aliphatic heterocycles. The van der Waals surface area contributed by atoms with E-state index in [9.17, 15) is 44.4 Å². The van der Waals surface area contributed by atoms with Crippen molar-refractivity contribution in [3.8, 4) is 0 Å². The molecule has 0 aromatic heterocycles. The Balaban J connectivity index is 1.49. The minimum atomic E-state index is -2.35. The summed E-state index contributed by atoms with van der Waals surface area (Å²) in [4.78, 5) is 68.9. The van der Waals surface area contributed by atoms with Crippen LogP contribution in [0.4, 0.5) is 4.79 Å². The van der Waals surface area contributed by atoms with Gasteiger partial charge in [0.25, 0.3) is 0 Å². The van der Waals surface area contributed by atoms with Crippen molar-refractivity contribution >= 4 is 29.8 Å². The summed E-state index contributed by atoms with van der Waals surface area (Å²) in [5.41, 5.74) is -8.14. The van der Waals surface area contributed by atoms with E-state index in [0.717, 1.165) is 6.92 Å². The molecule has 1 saturated heterocycles. The molecule has 2 bridgehead atoms. The van der Waals surface area contributed by atoms with Crippen LogP contribution < -0.4 is 5.32 Å². The van der Waals surface area contributed by atoms with E-state index in [2.05, 4.69) is 5.32 Å². The van der Waals surface area contributed by atoms with Gasteiger partial charge >= 0.3 is 24.0 Å². The lowest BCUT2D eigenvalue weighted by atomic mass is 9.44. The summed E-state index contributed by atoms with van der Waals surface area (Å²) in [6.07, 6.45) is -11.5. The molecular weight excluding hydrogens is 754 g/mol. The van der Waals surface area contributed by atoms with Crippen molar-refractivity contribution in [1.29, 1.82) is 0 Å². The lowest BCUT2D eigenvalue weighted by Gasteiger charge is -2.67. The highest BCUT2D eigenvalue weighted by Gasteiger charge is 2.78. The van der Waals surface area contributed by atoms with E-state index in [1.165, 1.54) is 26.0 Å². The van der Waals surface area contributed by atoms with Gasteiger partial charge in [-0.05, 0) is 63.5 Å². The fourth-order valence-corrected chi connectivity index (χ4v) is 9.56. The predicted octanol–water partition coefficient (Wildman–Crippen LogP) is 3.26. The fourth-order valence-electron chi connectivity index (χ4n) is 9.56. The zero-order valence-corrected chi connectivity index (χ0v) is 33.9. The van der Waals surface area contributed by atoms with Crippen molar-refractivity contribution < 1.29 is 68.1 Å². The number of Topliss-reactive ketones (excluding diaryl/α,β-unsaturated/α-hetero) is 1. The number of rotatable bonds is 8. The van der Waals surface area contributed by atoms with Crippen molar-refractivity contribution in [2.24, 2.45) is 16.7 Å². The van der Waals surface area contributed by atoms with Gasteiger partial charge in [-0.25, -0.2) is 14.4 Å². The smallest absolute Gasteiger partial charge is 0.408 e. The van der Waals surface area contributed by atoms with Crippen LogP contribution >= 0.6 is 0 Å². The minimum Gasteiger partial charge on any atom is -0.456 e. The van der Waals surface area contributed by atoms with Gasteiger partial charge in [0.15, 0.2) is 17.5 Å². The standard InChI is InChI=1S/C43H53NO14/c1-22-26(55-37(51)32(48)30(24-15-11-9-12-16-24)44-38(52)58-39(3,4)5)20-43(53)35(56-36(50)25-17-13-10-14-18-25)33-41(8,34(49)31(47)29(22)40(43,6)7)27(46)19-28-42(33,21-54-28)57-23(2)45/h9-18,26-28,30-33,35,46-48,53H,19-21H2,1-8H3,(H,44,52)/t26-,27-,28+,30-,31+,32-,33-,35-,41+,42-,43+/m1/s1. The third-order valence-corrected chi connectivity index (χ3v) is 12.6. The molecular formula is C43H53NO14. The number of aliphatic hydroxyl groups is 4. The van der Waals surface area contributed by atoms with E-state index in [1.807, 2.05) is 0 Å². The summed E-state index contributed by atoms with van der Waals surface area (Å²) in [6, 6.07) is 14.6. The molecule has 1 heterocycles. The second kappa shape index (κ2) is 15.2. The number of carbonyl (C=O) groups excluding carboxylic acids is 5. The van der Waals surface area contributed by atoms with Crippen LogP contribution in [-0.4, -0.2) is 110 Å². The lowest BCUT2D eigenvalue weighted by molar-refractivity contribution is -0.346. The molecule has 2 aromatic rings. The second-order valence-corrected chi connectivity index (χ2v) is 17.6. The molecule has 2 saturated carbocycles. The topological polar surface area (TPSA) is 224 Å². The Morgan fingerprint density at radius 3 is 2.10 bits per heavy atom. The lowest BCUT2D eigenvalue weighted by Crippen LogP contribution is -2.81. The zero-order chi connectivity index (χ0) is 42.7. The highest BCUT2D eigenvalue weighted by molar-refractivity contribution is 5.94. The number of benzene rings is 2. The van der Waals surface area contributed by atoms with Gasteiger partial charge in [0.05, 0.1) is 35.6 Å². The van der Waals surface area contributed by atoms with E-state index < -0.39 is 112 Å². The summed E-state index contributed by atoms with van der Waals surface area (Å²) < 4.78 is 29.5. The van der Waals surface area contributed by atoms with Gasteiger partial charge < -0.3 is 49.4 Å². The van der Waals surface area contributed by atoms with Gasteiger partial charge in [-0.3, -0.25) is 9.59 Å². The number of nitrogens with one attached hydrogen (secondary N) is 1. The zero-order valence-electron chi connectivity index (χ0n) is 33.9. The number of aliphatic hydroxyl groups excluding tert-OH is 3. The van der Waals surface area contributed by atoms with Crippen LogP contribution in [0.3, 0.4) is 0 Å². The second-order valence-electron chi connectivity index (χ2n) is 17.6. The number of hydrogen-bond donors (Lipinski definition) is 5. The monoisotopic (exact) mass is 807 g/mol. The van der Waals surface area contributed by atoms with Crippen LogP contribution in [-0.2, 0) is 38.1 Å². The maximum absolute atomic E-state index is 14.9. The normalized spacial score (nSPS) is 33.7. The maximum Gasteiger partial charge on any atom is 0.408 e. The van der Waals surface area contributed by atoms with E-state index in [1.54, 1.807) is 83.1 Å². The maximum atomic E-state index is 14.9. The largest absolute Gasteiger partial charge is 0.456 e. The minimum absolute atomic E-state index is 0.0637. The van der Waals surface area contributed by atoms with Crippen LogP contribution in [0.5, 0.6) is 0 Å². The number of carbonyl (C=O) groups is 5. The number of ketones is 1. The molecule has 3 fully saturated rings. The predicted molar refractivity (Wildman–Crippen MR) is 204 cm³/mol. The van der Waals surface area contributed by atoms with Crippen LogP contribution in [0.15, 0.2) is 71.8 Å². The number of hydrogen-bond acceptors (Lipinski definition) is 14. The molecule has 0 unspecified atom stereocenters. The van der Waals surface area contributed by atoms with E-state index in [0.29, 0.717) is 5.56 Å². The van der Waals surface area contributed by atoms with Crippen LogP contribution in [0.1, 0.15) is 90.2 Å². The van der Waals surface area contributed by atoms with Crippen molar-refractivity contribution in [3.05, 3.63) is 82.9 Å². The third kappa shape index (κ3) is 7.10.